The molecule has 490 valence electrons. The molecule has 0 saturated carbocycles. The zero-order valence-corrected chi connectivity index (χ0v) is 51.7. The standard InChI is InChI=1S/C60H115N15O10/c61-36-16-11-26-46-56(81)66-41-21-1-6-31-51(76)71-47(27-12-17-37-62)57(82)67-42-22-3-8-33-53(78)73-49(29-14-19-39-64)59(84)69-44-24-5-10-35-55(80)75-50(30-15-20-40-65)60(85)70-45-25-4-9-34-54(79)74-48(28-13-18-38-63)58(83)68-43-23-2-7-32-52(77)72-46/h46-50H,1-45,61-65H2,(H,66,81)(H,67,82)(H,68,83)(H,69,84)(H,70,85)(H,71,76)(H,72,77)(H,73,78)(H,74,79)(H,75,80)/t46-,47-,48?,49?,50?/m0/s1. The summed E-state index contributed by atoms with van der Waals surface area (Å²) in [5.74, 6) is -2.70. The molecule has 85 heavy (non-hydrogen) atoms. The topological polar surface area (TPSA) is 421 Å². The second-order valence-electron chi connectivity index (χ2n) is 22.5. The molecular weight excluding hydrogens is 1090 g/mol. The molecule has 25 heteroatoms. The molecule has 25 nitrogen and oxygen atoms in total. The quantitative estimate of drug-likeness (QED) is 0.0768. The first-order valence-electron chi connectivity index (χ1n) is 32.5. The first-order valence-corrected chi connectivity index (χ1v) is 32.5. The second-order valence-corrected chi connectivity index (χ2v) is 22.5. The summed E-state index contributed by atoms with van der Waals surface area (Å²) in [6.07, 6.45) is 19.0. The van der Waals surface area contributed by atoms with Gasteiger partial charge in [0.05, 0.1) is 0 Å². The van der Waals surface area contributed by atoms with Gasteiger partial charge in [0, 0.05) is 64.8 Å². The van der Waals surface area contributed by atoms with E-state index >= 15 is 0 Å². The summed E-state index contributed by atoms with van der Waals surface area (Å²) in [7, 11) is 0. The van der Waals surface area contributed by atoms with Crippen LogP contribution in [0, 0.1) is 0 Å². The number of amides is 10. The van der Waals surface area contributed by atoms with E-state index in [0.29, 0.717) is 258 Å². The van der Waals surface area contributed by atoms with Crippen LogP contribution >= 0.6 is 0 Å². The third-order valence-corrected chi connectivity index (χ3v) is 14.9. The van der Waals surface area contributed by atoms with Crippen LogP contribution in [-0.2, 0) is 47.9 Å². The van der Waals surface area contributed by atoms with Crippen LogP contribution in [0.4, 0.5) is 0 Å². The summed E-state index contributed by atoms with van der Waals surface area (Å²) < 4.78 is 0. The van der Waals surface area contributed by atoms with E-state index < -0.39 is 30.2 Å². The number of hydrogen-bond donors (Lipinski definition) is 15. The number of unbranched alkanes of at least 4 members (excludes halogenated alkanes) is 5. The number of nitrogens with two attached hydrogens (primary N) is 5. The van der Waals surface area contributed by atoms with Gasteiger partial charge >= 0.3 is 0 Å². The van der Waals surface area contributed by atoms with Gasteiger partial charge in [-0.25, -0.2) is 0 Å². The van der Waals surface area contributed by atoms with Gasteiger partial charge in [0.15, 0.2) is 0 Å². The molecule has 20 N–H and O–H groups in total. The number of carbonyl (C=O) groups is 10. The molecule has 1 aliphatic heterocycles. The van der Waals surface area contributed by atoms with E-state index in [9.17, 15) is 47.9 Å². The molecule has 1 saturated heterocycles. The maximum atomic E-state index is 13.3. The molecule has 0 aliphatic carbocycles. The number of hydrogen-bond acceptors (Lipinski definition) is 15. The number of nitrogens with one attached hydrogen (secondary N) is 10. The highest BCUT2D eigenvalue weighted by atomic mass is 16.2. The predicted octanol–water partition coefficient (Wildman–Crippen LogP) is 1.45. The largest absolute Gasteiger partial charge is 0.354 e. The summed E-state index contributed by atoms with van der Waals surface area (Å²) in [5.41, 5.74) is 28.6. The summed E-state index contributed by atoms with van der Waals surface area (Å²) >= 11 is 0. The lowest BCUT2D eigenvalue weighted by atomic mass is 10.1. The minimum absolute atomic E-state index is 0.201. The third kappa shape index (κ3) is 42.1. The maximum absolute atomic E-state index is 13.3. The molecular formula is C60H115N15O10. The highest BCUT2D eigenvalue weighted by Crippen LogP contribution is 2.11. The van der Waals surface area contributed by atoms with E-state index in [-0.39, 0.29) is 91.2 Å². The minimum atomic E-state index is -0.726. The molecule has 0 bridgehead atoms. The average molecular weight is 1210 g/mol. The van der Waals surface area contributed by atoms with Crippen LogP contribution in [0.25, 0.3) is 0 Å². The van der Waals surface area contributed by atoms with Gasteiger partial charge in [-0.2, -0.15) is 0 Å². The molecule has 5 atom stereocenters. The Balaban J connectivity index is 3.04. The lowest BCUT2D eigenvalue weighted by Crippen LogP contribution is -2.47. The summed E-state index contributed by atoms with van der Waals surface area (Å²) in [4.78, 5) is 131. The van der Waals surface area contributed by atoms with Crippen molar-refractivity contribution in [3.63, 3.8) is 0 Å². The average Bonchev–Trinajstić information content (AvgIpc) is 3.50. The van der Waals surface area contributed by atoms with E-state index in [2.05, 4.69) is 53.2 Å². The molecule has 1 fully saturated rings. The van der Waals surface area contributed by atoms with Crippen molar-refractivity contribution < 1.29 is 47.9 Å². The Labute approximate surface area is 507 Å². The number of carbonyl (C=O) groups excluding carboxylic acids is 10. The summed E-state index contributed by atoms with van der Waals surface area (Å²) in [6.45, 7) is 4.10. The van der Waals surface area contributed by atoms with Gasteiger partial charge in [-0.05, 0) is 193 Å². The Bertz CT molecular complexity index is 1580. The fourth-order valence-corrected chi connectivity index (χ4v) is 9.75. The van der Waals surface area contributed by atoms with Crippen molar-refractivity contribution in [3.05, 3.63) is 0 Å². The lowest BCUT2D eigenvalue weighted by Gasteiger charge is -2.19. The van der Waals surface area contributed by atoms with Crippen LogP contribution in [0.15, 0.2) is 0 Å². The van der Waals surface area contributed by atoms with E-state index in [1.807, 2.05) is 0 Å². The first kappa shape index (κ1) is 77.5. The zero-order valence-electron chi connectivity index (χ0n) is 51.7. The highest BCUT2D eigenvalue weighted by molar-refractivity contribution is 5.90. The molecule has 1 rings (SSSR count). The molecule has 10 amide bonds. The van der Waals surface area contributed by atoms with E-state index in [1.165, 1.54) is 0 Å². The molecule has 0 radical (unpaired) electrons. The fourth-order valence-electron chi connectivity index (χ4n) is 9.75. The molecule has 0 aromatic heterocycles. The lowest BCUT2D eigenvalue weighted by molar-refractivity contribution is -0.129. The van der Waals surface area contributed by atoms with Crippen LogP contribution in [0.3, 0.4) is 0 Å². The zero-order chi connectivity index (χ0) is 62.6. The Kier molecular flexibility index (Phi) is 48.1. The SMILES string of the molecule is NCCCCC1NC(=O)CCCCCNC(=O)C(CCCCN)NC(=O)CCCCCNC(=O)[C@H](CCCCN)NC(=O)CCCCCNC(=O)[C@H](CCCCN)NC(=O)CCCCCNC(=O)C(CCCCN)NC(=O)CCCCCNC1=O. The third-order valence-electron chi connectivity index (χ3n) is 14.9. The van der Waals surface area contributed by atoms with Gasteiger partial charge in [0.25, 0.3) is 0 Å². The van der Waals surface area contributed by atoms with E-state index in [0.717, 1.165) is 0 Å². The molecule has 3 unspecified atom stereocenters. The van der Waals surface area contributed by atoms with Crippen LogP contribution in [0.2, 0.25) is 0 Å². The minimum Gasteiger partial charge on any atom is -0.354 e. The molecule has 1 aliphatic rings. The van der Waals surface area contributed by atoms with E-state index in [4.69, 9.17) is 28.7 Å². The Morgan fingerprint density at radius 1 is 0.235 bits per heavy atom. The molecule has 0 aromatic carbocycles. The summed E-state index contributed by atoms with van der Waals surface area (Å²) in [5, 5.41) is 29.1. The normalized spacial score (nSPS) is 22.8. The van der Waals surface area contributed by atoms with Crippen LogP contribution in [0.1, 0.15) is 225 Å². The van der Waals surface area contributed by atoms with Gasteiger partial charge in [-0.1, -0.05) is 32.1 Å². The van der Waals surface area contributed by atoms with Crippen LogP contribution in [0.5, 0.6) is 0 Å². The van der Waals surface area contributed by atoms with Crippen molar-refractivity contribution in [2.75, 3.05) is 65.4 Å². The molecule has 0 spiro atoms. The van der Waals surface area contributed by atoms with Crippen LogP contribution < -0.4 is 81.8 Å². The van der Waals surface area contributed by atoms with Crippen molar-refractivity contribution in [3.8, 4) is 0 Å². The maximum Gasteiger partial charge on any atom is 0.242 e. The van der Waals surface area contributed by atoms with Crippen molar-refractivity contribution in [1.29, 1.82) is 0 Å². The Morgan fingerprint density at radius 3 is 0.553 bits per heavy atom. The Morgan fingerprint density at radius 2 is 0.400 bits per heavy atom. The highest BCUT2D eigenvalue weighted by Gasteiger charge is 2.25. The van der Waals surface area contributed by atoms with Crippen molar-refractivity contribution in [1.82, 2.24) is 53.2 Å². The number of rotatable bonds is 20. The van der Waals surface area contributed by atoms with E-state index in [1.54, 1.807) is 0 Å². The molecule has 0 aromatic rings. The van der Waals surface area contributed by atoms with Crippen molar-refractivity contribution in [2.45, 2.75) is 255 Å². The van der Waals surface area contributed by atoms with Gasteiger partial charge in [-0.3, -0.25) is 47.9 Å². The van der Waals surface area contributed by atoms with Gasteiger partial charge in [0.1, 0.15) is 30.2 Å². The first-order chi connectivity index (χ1) is 41.2. The second kappa shape index (κ2) is 52.8. The van der Waals surface area contributed by atoms with Gasteiger partial charge < -0.3 is 81.8 Å². The summed E-state index contributed by atoms with van der Waals surface area (Å²) in [6, 6.07) is -3.63. The predicted molar refractivity (Wildman–Crippen MR) is 332 cm³/mol. The van der Waals surface area contributed by atoms with Crippen LogP contribution in [-0.4, -0.2) is 155 Å². The smallest absolute Gasteiger partial charge is 0.242 e. The van der Waals surface area contributed by atoms with Gasteiger partial charge in [0.2, 0.25) is 59.1 Å². The van der Waals surface area contributed by atoms with Crippen molar-refractivity contribution in [2.24, 2.45) is 28.7 Å². The fraction of sp³-hybridized carbons (Fsp3) is 0.833. The molecule has 1 heterocycles. The monoisotopic (exact) mass is 1210 g/mol. The van der Waals surface area contributed by atoms with Gasteiger partial charge in [-0.15, -0.1) is 0 Å². The van der Waals surface area contributed by atoms with Crippen molar-refractivity contribution >= 4 is 59.1 Å². The Hall–Kier alpha value is -5.50.